The van der Waals surface area contributed by atoms with E-state index in [0.29, 0.717) is 5.92 Å². The molecule has 1 aliphatic rings. The Morgan fingerprint density at radius 3 is 1.72 bits per heavy atom. The van der Waals surface area contributed by atoms with Gasteiger partial charge in [0.15, 0.2) is 0 Å². The number of para-hydroxylation sites is 2. The summed E-state index contributed by atoms with van der Waals surface area (Å²) in [5.41, 5.74) is 5.35. The number of nitrogens with one attached hydrogen (secondary N) is 1. The minimum atomic E-state index is -1.32. The molecule has 1 aliphatic heterocycles. The summed E-state index contributed by atoms with van der Waals surface area (Å²) >= 11 is 0. The van der Waals surface area contributed by atoms with Gasteiger partial charge in [-0.2, -0.15) is 0 Å². The van der Waals surface area contributed by atoms with Crippen LogP contribution in [0.2, 0.25) is 0 Å². The molecular weight excluding hydrogens is 601 g/mol. The van der Waals surface area contributed by atoms with Gasteiger partial charge < -0.3 is 4.74 Å². The van der Waals surface area contributed by atoms with Gasteiger partial charge in [-0.1, -0.05) is 149 Å². The lowest BCUT2D eigenvalue weighted by Crippen LogP contribution is -2.37. The maximum atomic E-state index is 13.8. The quantitative estimate of drug-likeness (QED) is 0.171. The molecule has 3 nitrogen and oxygen atoms in total. The molecule has 1 unspecified atom stereocenters. The Labute approximate surface area is 278 Å². The molecule has 236 valence electrons. The molecule has 46 heavy (non-hydrogen) atoms. The molecule has 0 saturated heterocycles. The van der Waals surface area contributed by atoms with Crippen LogP contribution < -0.4 is 25.4 Å². The zero-order chi connectivity index (χ0) is 32.6. The van der Waals surface area contributed by atoms with Gasteiger partial charge in [0, 0.05) is 27.4 Å². The predicted molar refractivity (Wildman–Crippen MR) is 197 cm³/mol. The van der Waals surface area contributed by atoms with Crippen LogP contribution in [0.4, 0.5) is 0 Å². The molecular formula is C41H44NO2PS. The monoisotopic (exact) mass is 645 g/mol. The van der Waals surface area contributed by atoms with Gasteiger partial charge in [0.1, 0.15) is 11.5 Å². The van der Waals surface area contributed by atoms with Crippen molar-refractivity contribution in [2.24, 2.45) is 0 Å². The predicted octanol–water partition coefficient (Wildman–Crippen LogP) is 9.14. The van der Waals surface area contributed by atoms with Crippen LogP contribution in [0.15, 0.2) is 121 Å². The van der Waals surface area contributed by atoms with Crippen molar-refractivity contribution in [1.29, 1.82) is 0 Å². The van der Waals surface area contributed by atoms with E-state index in [1.165, 1.54) is 27.0 Å². The second-order valence-corrected chi connectivity index (χ2v) is 18.0. The van der Waals surface area contributed by atoms with Crippen molar-refractivity contribution in [3.05, 3.63) is 149 Å². The molecule has 1 heterocycles. The number of hydrogen-bond acceptors (Lipinski definition) is 2. The molecule has 0 fully saturated rings. The molecule has 0 amide bonds. The van der Waals surface area contributed by atoms with Gasteiger partial charge in [0.25, 0.3) is 0 Å². The molecule has 5 aromatic rings. The molecule has 1 N–H and O–H groups in total. The number of rotatable bonds is 8. The molecule has 6 rings (SSSR count). The average molecular weight is 646 g/mol. The van der Waals surface area contributed by atoms with Crippen molar-refractivity contribution in [2.45, 2.75) is 70.6 Å². The highest BCUT2D eigenvalue weighted by Crippen LogP contribution is 2.53. The smallest absolute Gasteiger partial charge is 0.139 e. The van der Waals surface area contributed by atoms with E-state index < -0.39 is 23.7 Å². The highest BCUT2D eigenvalue weighted by Gasteiger charge is 2.40. The number of ether oxygens (including phenoxy) is 1. The SMILES string of the molecule is CC(C)c1ccccc1[C@H](NS(=O)C(C)(C)C)c1cccc2c1Oc1c(P(c3ccccc3)c3ccccc3)cccc1C2(C)C. The van der Waals surface area contributed by atoms with Crippen LogP contribution in [0.25, 0.3) is 0 Å². The Hall–Kier alpha value is -3.56. The number of hydrogen-bond donors (Lipinski definition) is 1. The fourth-order valence-corrected chi connectivity index (χ4v) is 9.62. The van der Waals surface area contributed by atoms with Gasteiger partial charge in [0.05, 0.1) is 21.8 Å². The lowest BCUT2D eigenvalue weighted by Gasteiger charge is -2.39. The Kier molecular flexibility index (Phi) is 9.09. The first kappa shape index (κ1) is 32.4. The molecule has 0 radical (unpaired) electrons. The van der Waals surface area contributed by atoms with Crippen molar-refractivity contribution in [1.82, 2.24) is 4.72 Å². The third-order valence-corrected chi connectivity index (χ3v) is 12.9. The Bertz CT molecular complexity index is 1820. The summed E-state index contributed by atoms with van der Waals surface area (Å²) in [5, 5.41) is 3.76. The van der Waals surface area contributed by atoms with Crippen molar-refractivity contribution in [2.75, 3.05) is 0 Å². The first-order chi connectivity index (χ1) is 22.0. The summed E-state index contributed by atoms with van der Waals surface area (Å²) in [4.78, 5) is 0. The van der Waals surface area contributed by atoms with Gasteiger partial charge in [-0.25, -0.2) is 8.93 Å². The Morgan fingerprint density at radius 2 is 1.15 bits per heavy atom. The van der Waals surface area contributed by atoms with Gasteiger partial charge in [-0.15, -0.1) is 0 Å². The van der Waals surface area contributed by atoms with E-state index in [1.807, 2.05) is 20.8 Å². The number of benzene rings is 5. The highest BCUT2D eigenvalue weighted by atomic mass is 32.2. The maximum Gasteiger partial charge on any atom is 0.139 e. The first-order valence-electron chi connectivity index (χ1n) is 16.1. The molecule has 0 aromatic heterocycles. The number of fused-ring (bicyclic) bond motifs is 2. The van der Waals surface area contributed by atoms with Gasteiger partial charge in [-0.3, -0.25) is 0 Å². The van der Waals surface area contributed by atoms with Crippen LogP contribution in [-0.2, 0) is 16.4 Å². The van der Waals surface area contributed by atoms with Crippen molar-refractivity contribution in [3.8, 4) is 11.5 Å². The molecule has 0 bridgehead atoms. The van der Waals surface area contributed by atoms with Gasteiger partial charge >= 0.3 is 0 Å². The van der Waals surface area contributed by atoms with Crippen molar-refractivity contribution in [3.63, 3.8) is 0 Å². The zero-order valence-corrected chi connectivity index (χ0v) is 29.6. The normalized spacial score (nSPS) is 15.2. The van der Waals surface area contributed by atoms with Crippen LogP contribution >= 0.6 is 7.92 Å². The summed E-state index contributed by atoms with van der Waals surface area (Å²) in [6, 6.07) is 42.9. The lowest BCUT2D eigenvalue weighted by atomic mass is 9.74. The minimum Gasteiger partial charge on any atom is -0.456 e. The largest absolute Gasteiger partial charge is 0.456 e. The summed E-state index contributed by atoms with van der Waals surface area (Å²) in [5.74, 6) is 2.08. The van der Waals surface area contributed by atoms with Crippen molar-refractivity contribution < 1.29 is 8.95 Å². The molecule has 0 spiro atoms. The Morgan fingerprint density at radius 1 is 0.652 bits per heavy atom. The van der Waals surface area contributed by atoms with E-state index in [4.69, 9.17) is 4.74 Å². The van der Waals surface area contributed by atoms with E-state index in [2.05, 4.69) is 154 Å². The van der Waals surface area contributed by atoms with E-state index >= 15 is 0 Å². The summed E-state index contributed by atoms with van der Waals surface area (Å²) < 4.78 is 24.2. The highest BCUT2D eigenvalue weighted by molar-refractivity contribution is 7.84. The third kappa shape index (κ3) is 6.11. The standard InChI is InChI=1S/C41H44NO2PS/c1-28(2)31-22-14-15-23-32(31)37(42-46(43)40(3,4)5)33-24-16-25-34-38(33)44-39-35(41(34,6)7)26-17-27-36(39)45(29-18-10-8-11-19-29)30-20-12-9-13-21-30/h8-28,37,42H,1-7H3/t37-,46?/m0/s1. The molecule has 2 atom stereocenters. The van der Waals surface area contributed by atoms with Crippen LogP contribution in [-0.4, -0.2) is 8.96 Å². The molecule has 5 aromatic carbocycles. The first-order valence-corrected chi connectivity index (χ1v) is 18.6. The fourth-order valence-electron chi connectivity index (χ4n) is 6.40. The second-order valence-electron chi connectivity index (χ2n) is 13.8. The van der Waals surface area contributed by atoms with Crippen LogP contribution in [0.5, 0.6) is 11.5 Å². The third-order valence-electron chi connectivity index (χ3n) is 8.88. The van der Waals surface area contributed by atoms with Gasteiger partial charge in [0.2, 0.25) is 0 Å². The van der Waals surface area contributed by atoms with E-state index in [9.17, 15) is 4.21 Å². The average Bonchev–Trinajstić information content (AvgIpc) is 3.04. The summed E-state index contributed by atoms with van der Waals surface area (Å²) in [7, 11) is -2.21. The van der Waals surface area contributed by atoms with E-state index in [-0.39, 0.29) is 11.5 Å². The maximum absolute atomic E-state index is 13.8. The van der Waals surface area contributed by atoms with Crippen LogP contribution in [0, 0.1) is 0 Å². The molecule has 0 saturated carbocycles. The zero-order valence-electron chi connectivity index (χ0n) is 27.9. The molecule has 5 heteroatoms. The van der Waals surface area contributed by atoms with E-state index in [1.54, 1.807) is 0 Å². The lowest BCUT2D eigenvalue weighted by molar-refractivity contribution is 0.413. The summed E-state index contributed by atoms with van der Waals surface area (Å²) in [6.07, 6.45) is 0. The minimum absolute atomic E-state index is 0.299. The van der Waals surface area contributed by atoms with E-state index in [0.717, 1.165) is 28.2 Å². The second kappa shape index (κ2) is 12.9. The van der Waals surface area contributed by atoms with Crippen molar-refractivity contribution >= 4 is 34.8 Å². The van der Waals surface area contributed by atoms with Gasteiger partial charge in [-0.05, 0) is 56.3 Å². The topological polar surface area (TPSA) is 38.3 Å². The molecule has 0 aliphatic carbocycles. The summed E-state index contributed by atoms with van der Waals surface area (Å²) in [6.45, 7) is 15.1. The van der Waals surface area contributed by atoms with Crippen LogP contribution in [0.3, 0.4) is 0 Å². The van der Waals surface area contributed by atoms with Crippen LogP contribution in [0.1, 0.15) is 88.2 Å². The fraction of sp³-hybridized carbons (Fsp3) is 0.268. The Balaban J connectivity index is 1.57.